The molecule has 0 aliphatic rings. The van der Waals surface area contributed by atoms with E-state index >= 15 is 0 Å². The zero-order valence-corrected chi connectivity index (χ0v) is 11.9. The summed E-state index contributed by atoms with van der Waals surface area (Å²) in [7, 11) is 2.09. The van der Waals surface area contributed by atoms with E-state index in [9.17, 15) is 5.11 Å². The average Bonchev–Trinajstić information content (AvgIpc) is 2.50. The Morgan fingerprint density at radius 2 is 2.20 bits per heavy atom. The largest absolute Gasteiger partial charge is 0.396 e. The van der Waals surface area contributed by atoms with E-state index in [0.717, 1.165) is 17.6 Å². The van der Waals surface area contributed by atoms with Gasteiger partial charge < -0.3 is 10.0 Å². The highest BCUT2D eigenvalue weighted by Crippen LogP contribution is 2.22. The predicted molar refractivity (Wildman–Crippen MR) is 69.2 cm³/mol. The van der Waals surface area contributed by atoms with Crippen LogP contribution in [0.15, 0.2) is 15.9 Å². The van der Waals surface area contributed by atoms with Crippen LogP contribution in [0.1, 0.15) is 18.7 Å². The summed E-state index contributed by atoms with van der Waals surface area (Å²) in [5.74, 6) is 0. The fourth-order valence-corrected chi connectivity index (χ4v) is 3.07. The predicted octanol–water partition coefficient (Wildman–Crippen LogP) is 2.96. The molecule has 2 nitrogen and oxygen atoms in total. The van der Waals surface area contributed by atoms with Crippen LogP contribution < -0.4 is 0 Å². The number of hydrogen-bond donors (Lipinski definition) is 1. The molecular weight excluding hydrogens is 274 g/mol. The summed E-state index contributed by atoms with van der Waals surface area (Å²) in [6, 6.07) is 2.15. The fourth-order valence-electron chi connectivity index (χ4n) is 1.54. The number of thiophene rings is 1. The number of hydrogen-bond acceptors (Lipinski definition) is 3. The van der Waals surface area contributed by atoms with Crippen LogP contribution in [0.5, 0.6) is 0 Å². The van der Waals surface area contributed by atoms with Crippen molar-refractivity contribution in [1.29, 1.82) is 0 Å². The van der Waals surface area contributed by atoms with E-state index in [-0.39, 0.29) is 12.0 Å². The van der Waals surface area contributed by atoms with Gasteiger partial charge in [-0.15, -0.1) is 11.3 Å². The Bertz CT molecular complexity index is 311. The number of aliphatic hydroxyl groups is 1. The van der Waals surface area contributed by atoms with Crippen LogP contribution >= 0.6 is 27.3 Å². The molecule has 1 N–H and O–H groups in total. The highest BCUT2D eigenvalue weighted by molar-refractivity contribution is 9.10. The lowest BCUT2D eigenvalue weighted by Gasteiger charge is -2.28. The van der Waals surface area contributed by atoms with E-state index in [1.54, 1.807) is 11.3 Å². The lowest BCUT2D eigenvalue weighted by atomic mass is 9.94. The quantitative estimate of drug-likeness (QED) is 0.902. The number of halogens is 1. The maximum atomic E-state index is 9.18. The van der Waals surface area contributed by atoms with Gasteiger partial charge in [0.2, 0.25) is 0 Å². The molecule has 0 aliphatic carbocycles. The summed E-state index contributed by atoms with van der Waals surface area (Å²) in [6.07, 6.45) is 0. The second kappa shape index (κ2) is 5.43. The highest BCUT2D eigenvalue weighted by atomic mass is 79.9. The van der Waals surface area contributed by atoms with Gasteiger partial charge in [0.25, 0.3) is 0 Å². The third kappa shape index (κ3) is 4.64. The highest BCUT2D eigenvalue weighted by Gasteiger charge is 2.19. The lowest BCUT2D eigenvalue weighted by Crippen LogP contribution is -2.33. The van der Waals surface area contributed by atoms with E-state index in [1.165, 1.54) is 4.88 Å². The van der Waals surface area contributed by atoms with Crippen molar-refractivity contribution in [2.24, 2.45) is 5.41 Å². The molecule has 0 fully saturated rings. The van der Waals surface area contributed by atoms with Crippen LogP contribution in [-0.2, 0) is 6.54 Å². The second-order valence-corrected chi connectivity index (χ2v) is 6.64. The summed E-state index contributed by atoms with van der Waals surface area (Å²) in [5.41, 5.74) is -0.0246. The van der Waals surface area contributed by atoms with Gasteiger partial charge in [-0.2, -0.15) is 0 Å². The van der Waals surface area contributed by atoms with Crippen molar-refractivity contribution in [3.63, 3.8) is 0 Å². The summed E-state index contributed by atoms with van der Waals surface area (Å²) < 4.78 is 1.15. The van der Waals surface area contributed by atoms with Crippen molar-refractivity contribution >= 4 is 27.3 Å². The molecular formula is C11H18BrNOS. The van der Waals surface area contributed by atoms with Gasteiger partial charge in [-0.25, -0.2) is 0 Å². The molecule has 1 rings (SSSR count). The maximum Gasteiger partial charge on any atom is 0.0494 e. The Morgan fingerprint density at radius 3 is 2.67 bits per heavy atom. The Balaban J connectivity index is 2.46. The molecule has 0 spiro atoms. The van der Waals surface area contributed by atoms with E-state index in [0.29, 0.717) is 0 Å². The molecule has 0 saturated carbocycles. The van der Waals surface area contributed by atoms with Crippen LogP contribution in [0, 0.1) is 5.41 Å². The van der Waals surface area contributed by atoms with E-state index in [2.05, 4.69) is 53.2 Å². The van der Waals surface area contributed by atoms with Gasteiger partial charge in [-0.1, -0.05) is 13.8 Å². The fraction of sp³-hybridized carbons (Fsp3) is 0.636. The first-order valence-electron chi connectivity index (χ1n) is 4.95. The smallest absolute Gasteiger partial charge is 0.0494 e. The summed E-state index contributed by atoms with van der Waals surface area (Å²) in [6.45, 7) is 6.23. The van der Waals surface area contributed by atoms with Gasteiger partial charge in [0.1, 0.15) is 0 Å². The van der Waals surface area contributed by atoms with E-state index in [1.807, 2.05) is 0 Å². The Labute approximate surface area is 104 Å². The van der Waals surface area contributed by atoms with E-state index in [4.69, 9.17) is 0 Å². The summed E-state index contributed by atoms with van der Waals surface area (Å²) in [5, 5.41) is 11.3. The molecule has 0 aromatic carbocycles. The Kier molecular flexibility index (Phi) is 4.77. The first-order chi connectivity index (χ1) is 6.93. The molecule has 0 unspecified atom stereocenters. The van der Waals surface area contributed by atoms with Gasteiger partial charge >= 0.3 is 0 Å². The van der Waals surface area contributed by atoms with Crippen molar-refractivity contribution < 1.29 is 5.11 Å². The summed E-state index contributed by atoms with van der Waals surface area (Å²) >= 11 is 5.21. The molecule has 0 aliphatic heterocycles. The van der Waals surface area contributed by atoms with E-state index < -0.39 is 0 Å². The van der Waals surface area contributed by atoms with Crippen LogP contribution in [0.3, 0.4) is 0 Å². The molecule has 1 aromatic rings. The van der Waals surface area contributed by atoms with Gasteiger partial charge in [0.15, 0.2) is 0 Å². The van der Waals surface area contributed by atoms with Crippen molar-refractivity contribution in [3.8, 4) is 0 Å². The van der Waals surface area contributed by atoms with Crippen molar-refractivity contribution in [3.05, 3.63) is 20.8 Å². The van der Waals surface area contributed by atoms with Crippen molar-refractivity contribution in [2.45, 2.75) is 20.4 Å². The van der Waals surface area contributed by atoms with Gasteiger partial charge in [-0.3, -0.25) is 0 Å². The zero-order chi connectivity index (χ0) is 11.5. The van der Waals surface area contributed by atoms with Gasteiger partial charge in [0, 0.05) is 39.8 Å². The normalized spacial score (nSPS) is 12.4. The van der Waals surface area contributed by atoms with Crippen LogP contribution in [0.2, 0.25) is 0 Å². The molecule has 0 amide bonds. The first-order valence-corrected chi connectivity index (χ1v) is 6.62. The Hall–Kier alpha value is 0.1000. The molecule has 1 aromatic heterocycles. The maximum absolute atomic E-state index is 9.18. The molecule has 4 heteroatoms. The topological polar surface area (TPSA) is 23.5 Å². The van der Waals surface area contributed by atoms with Gasteiger partial charge in [0.05, 0.1) is 0 Å². The SMILES string of the molecule is CN(Cc1cc(Br)cs1)CC(C)(C)CO. The third-order valence-electron chi connectivity index (χ3n) is 2.17. The molecule has 0 radical (unpaired) electrons. The molecule has 0 bridgehead atoms. The molecule has 1 heterocycles. The average molecular weight is 292 g/mol. The summed E-state index contributed by atoms with van der Waals surface area (Å²) in [4.78, 5) is 3.59. The minimum Gasteiger partial charge on any atom is -0.396 e. The molecule has 15 heavy (non-hydrogen) atoms. The minimum absolute atomic E-state index is 0.0246. The van der Waals surface area contributed by atoms with Crippen molar-refractivity contribution in [2.75, 3.05) is 20.2 Å². The lowest BCUT2D eigenvalue weighted by molar-refractivity contribution is 0.113. The number of rotatable bonds is 5. The van der Waals surface area contributed by atoms with Gasteiger partial charge in [-0.05, 0) is 29.0 Å². The second-order valence-electron chi connectivity index (χ2n) is 4.73. The molecule has 86 valence electrons. The molecule has 0 atom stereocenters. The van der Waals surface area contributed by atoms with Crippen LogP contribution in [0.25, 0.3) is 0 Å². The third-order valence-corrected chi connectivity index (χ3v) is 3.86. The number of aliphatic hydroxyl groups excluding tert-OH is 1. The van der Waals surface area contributed by atoms with Crippen LogP contribution in [0.4, 0.5) is 0 Å². The standard InChI is InChI=1S/C11H18BrNOS/c1-11(2,8-14)7-13(3)5-10-4-9(12)6-15-10/h4,6,14H,5,7-8H2,1-3H3. The van der Waals surface area contributed by atoms with Crippen LogP contribution in [-0.4, -0.2) is 30.2 Å². The number of nitrogens with zero attached hydrogens (tertiary/aromatic N) is 1. The molecule has 0 saturated heterocycles. The first kappa shape index (κ1) is 13.2. The van der Waals surface area contributed by atoms with Crippen molar-refractivity contribution in [1.82, 2.24) is 4.90 Å². The Morgan fingerprint density at radius 1 is 1.53 bits per heavy atom. The minimum atomic E-state index is -0.0246. The monoisotopic (exact) mass is 291 g/mol. The zero-order valence-electron chi connectivity index (χ0n) is 9.46.